The number of nitrogen functional groups attached to an aromatic ring is 1. The largest absolute Gasteiger partial charge is 0.464 e. The van der Waals surface area contributed by atoms with Gasteiger partial charge in [-0.2, -0.15) is 0 Å². The molecule has 2 rings (SSSR count). The molecule has 8 nitrogen and oxygen atoms in total. The summed E-state index contributed by atoms with van der Waals surface area (Å²) in [4.78, 5) is 37.6. The quantitative estimate of drug-likeness (QED) is 0.319. The summed E-state index contributed by atoms with van der Waals surface area (Å²) in [6.45, 7) is 2.68. The van der Waals surface area contributed by atoms with Crippen LogP contribution in [0.4, 0.5) is 0 Å². The number of nitrogens with zero attached hydrogens (tertiary/aromatic N) is 2. The van der Waals surface area contributed by atoms with Crippen LogP contribution in [-0.4, -0.2) is 47.7 Å². The molecule has 0 saturated carbocycles. The van der Waals surface area contributed by atoms with Crippen LogP contribution in [0.3, 0.4) is 0 Å². The van der Waals surface area contributed by atoms with Crippen LogP contribution >= 0.6 is 0 Å². The number of hydrazine groups is 1. The fourth-order valence-electron chi connectivity index (χ4n) is 2.04. The highest BCUT2D eigenvalue weighted by Crippen LogP contribution is 2.17. The number of hydrogen-bond acceptors (Lipinski definition) is 5. The standard InChI is InChI=1S/C12H16N4O4/c1-7-9(10(17)14-13)5-8(20-7)6-16-4-3-15(2)11(18)12(16)19/h5H,3-4,6,13H2,1-2H3,(H,14,17). The van der Waals surface area contributed by atoms with Crippen LogP contribution in [0.1, 0.15) is 21.9 Å². The second-order valence-corrected chi connectivity index (χ2v) is 4.61. The number of nitrogens with two attached hydrogens (primary N) is 1. The van der Waals surface area contributed by atoms with Gasteiger partial charge in [-0.1, -0.05) is 0 Å². The summed E-state index contributed by atoms with van der Waals surface area (Å²) < 4.78 is 5.42. The first-order valence-corrected chi connectivity index (χ1v) is 6.08. The van der Waals surface area contributed by atoms with Crippen molar-refractivity contribution in [3.63, 3.8) is 0 Å². The zero-order valence-corrected chi connectivity index (χ0v) is 11.3. The van der Waals surface area contributed by atoms with Gasteiger partial charge in [0.15, 0.2) is 0 Å². The van der Waals surface area contributed by atoms with E-state index in [0.29, 0.717) is 30.2 Å². The Morgan fingerprint density at radius 1 is 1.40 bits per heavy atom. The minimum Gasteiger partial charge on any atom is -0.464 e. The van der Waals surface area contributed by atoms with E-state index < -0.39 is 17.7 Å². The van der Waals surface area contributed by atoms with Gasteiger partial charge in [-0.05, 0) is 13.0 Å². The highest BCUT2D eigenvalue weighted by Gasteiger charge is 2.31. The highest BCUT2D eigenvalue weighted by atomic mass is 16.3. The van der Waals surface area contributed by atoms with E-state index in [0.717, 1.165) is 0 Å². The summed E-state index contributed by atoms with van der Waals surface area (Å²) >= 11 is 0. The molecule has 1 aliphatic heterocycles. The minimum absolute atomic E-state index is 0.150. The van der Waals surface area contributed by atoms with E-state index in [-0.39, 0.29) is 6.54 Å². The predicted octanol–water partition coefficient (Wildman–Crippen LogP) is -1.01. The Labute approximate surface area is 115 Å². The van der Waals surface area contributed by atoms with Crippen molar-refractivity contribution in [3.8, 4) is 0 Å². The SMILES string of the molecule is Cc1oc(CN2CCN(C)C(=O)C2=O)cc1C(=O)NN. The monoisotopic (exact) mass is 280 g/mol. The van der Waals surface area contributed by atoms with Crippen molar-refractivity contribution < 1.29 is 18.8 Å². The number of rotatable bonds is 3. The molecule has 1 aromatic rings. The second kappa shape index (κ2) is 5.33. The molecule has 3 amide bonds. The zero-order chi connectivity index (χ0) is 14.9. The lowest BCUT2D eigenvalue weighted by Gasteiger charge is -2.30. The van der Waals surface area contributed by atoms with Gasteiger partial charge >= 0.3 is 11.8 Å². The third kappa shape index (κ3) is 2.50. The molecule has 0 spiro atoms. The number of piperazine rings is 1. The first-order chi connectivity index (χ1) is 9.43. The molecule has 1 fully saturated rings. The van der Waals surface area contributed by atoms with Crippen molar-refractivity contribution in [2.24, 2.45) is 5.84 Å². The minimum atomic E-state index is -0.572. The van der Waals surface area contributed by atoms with Crippen LogP contribution in [0.25, 0.3) is 0 Å². The van der Waals surface area contributed by atoms with E-state index in [9.17, 15) is 14.4 Å². The van der Waals surface area contributed by atoms with Crippen molar-refractivity contribution >= 4 is 17.7 Å². The summed E-state index contributed by atoms with van der Waals surface area (Å²) in [7, 11) is 1.58. The summed E-state index contributed by atoms with van der Waals surface area (Å²) in [6.07, 6.45) is 0. The van der Waals surface area contributed by atoms with Gasteiger partial charge in [0.05, 0.1) is 12.1 Å². The summed E-state index contributed by atoms with van der Waals surface area (Å²) in [5, 5.41) is 0. The van der Waals surface area contributed by atoms with Crippen molar-refractivity contribution in [3.05, 3.63) is 23.2 Å². The van der Waals surface area contributed by atoms with Crippen LogP contribution in [0.2, 0.25) is 0 Å². The molecule has 20 heavy (non-hydrogen) atoms. The topological polar surface area (TPSA) is 109 Å². The average molecular weight is 280 g/mol. The van der Waals surface area contributed by atoms with Crippen molar-refractivity contribution in [2.45, 2.75) is 13.5 Å². The van der Waals surface area contributed by atoms with Gasteiger partial charge in [-0.3, -0.25) is 19.8 Å². The fraction of sp³-hybridized carbons (Fsp3) is 0.417. The molecule has 3 N–H and O–H groups in total. The van der Waals surface area contributed by atoms with Crippen LogP contribution in [-0.2, 0) is 16.1 Å². The lowest BCUT2D eigenvalue weighted by Crippen LogP contribution is -2.52. The number of aryl methyl sites for hydroxylation is 1. The fourth-order valence-corrected chi connectivity index (χ4v) is 2.04. The second-order valence-electron chi connectivity index (χ2n) is 4.61. The number of furan rings is 1. The summed E-state index contributed by atoms with van der Waals surface area (Å²) in [5.74, 6) is 4.34. The molecular weight excluding hydrogens is 264 g/mol. The Morgan fingerprint density at radius 3 is 2.75 bits per heavy atom. The van der Waals surface area contributed by atoms with Crippen molar-refractivity contribution in [1.82, 2.24) is 15.2 Å². The number of likely N-dealkylation sites (N-methyl/N-ethyl adjacent to an activating group) is 1. The molecule has 1 aliphatic rings. The highest BCUT2D eigenvalue weighted by molar-refractivity contribution is 6.35. The first-order valence-electron chi connectivity index (χ1n) is 6.08. The number of carbonyl (C=O) groups is 3. The molecule has 0 unspecified atom stereocenters. The molecule has 1 aromatic heterocycles. The summed E-state index contributed by atoms with van der Waals surface area (Å²) in [6, 6.07) is 1.52. The Kier molecular flexibility index (Phi) is 3.75. The average Bonchev–Trinajstić information content (AvgIpc) is 2.79. The molecule has 108 valence electrons. The number of nitrogens with one attached hydrogen (secondary N) is 1. The van der Waals surface area contributed by atoms with Gasteiger partial charge in [0.25, 0.3) is 5.91 Å². The molecule has 0 aliphatic carbocycles. The van der Waals surface area contributed by atoms with Gasteiger partial charge < -0.3 is 14.2 Å². The van der Waals surface area contributed by atoms with E-state index in [1.165, 1.54) is 15.9 Å². The van der Waals surface area contributed by atoms with E-state index in [1.54, 1.807) is 14.0 Å². The molecule has 0 aromatic carbocycles. The third-order valence-corrected chi connectivity index (χ3v) is 3.21. The lowest BCUT2D eigenvalue weighted by atomic mass is 10.2. The Morgan fingerprint density at radius 2 is 2.10 bits per heavy atom. The van der Waals surface area contributed by atoms with E-state index in [4.69, 9.17) is 10.3 Å². The van der Waals surface area contributed by atoms with E-state index in [1.807, 2.05) is 5.43 Å². The van der Waals surface area contributed by atoms with Gasteiger partial charge in [0, 0.05) is 20.1 Å². The maximum atomic E-state index is 11.8. The maximum Gasteiger partial charge on any atom is 0.312 e. The van der Waals surface area contributed by atoms with Gasteiger partial charge in [0.1, 0.15) is 11.5 Å². The molecule has 1 saturated heterocycles. The molecule has 8 heteroatoms. The van der Waals surface area contributed by atoms with Crippen molar-refractivity contribution in [2.75, 3.05) is 20.1 Å². The Bertz CT molecular complexity index is 566. The number of carbonyl (C=O) groups excluding carboxylic acids is 3. The van der Waals surface area contributed by atoms with Crippen LogP contribution in [0.15, 0.2) is 10.5 Å². The maximum absolute atomic E-state index is 11.8. The van der Waals surface area contributed by atoms with Crippen LogP contribution in [0, 0.1) is 6.92 Å². The van der Waals surface area contributed by atoms with Gasteiger partial charge in [-0.15, -0.1) is 0 Å². The molecule has 2 heterocycles. The molecule has 0 bridgehead atoms. The van der Waals surface area contributed by atoms with Gasteiger partial charge in [-0.25, -0.2) is 5.84 Å². The Hall–Kier alpha value is -2.35. The number of amides is 3. The van der Waals surface area contributed by atoms with Gasteiger partial charge in [0.2, 0.25) is 0 Å². The third-order valence-electron chi connectivity index (χ3n) is 3.21. The smallest absolute Gasteiger partial charge is 0.312 e. The predicted molar refractivity (Wildman–Crippen MR) is 68.2 cm³/mol. The lowest BCUT2D eigenvalue weighted by molar-refractivity contribution is -0.155. The van der Waals surface area contributed by atoms with Crippen molar-refractivity contribution in [1.29, 1.82) is 0 Å². The normalized spacial score (nSPS) is 15.8. The Balaban J connectivity index is 2.13. The summed E-state index contributed by atoms with van der Waals surface area (Å²) in [5.41, 5.74) is 2.34. The van der Waals surface area contributed by atoms with Crippen LogP contribution < -0.4 is 11.3 Å². The molecule has 0 radical (unpaired) electrons. The first kappa shape index (κ1) is 14.1. The molecular formula is C12H16N4O4. The zero-order valence-electron chi connectivity index (χ0n) is 11.3. The number of hydrogen-bond donors (Lipinski definition) is 2. The molecule has 0 atom stereocenters. The van der Waals surface area contributed by atoms with E-state index in [2.05, 4.69) is 0 Å². The van der Waals surface area contributed by atoms with E-state index >= 15 is 0 Å². The van der Waals surface area contributed by atoms with Crippen LogP contribution in [0.5, 0.6) is 0 Å².